The molecule has 424 valence electrons. The standard InChI is InChI=1S/C42H82NO8P.C18H32O2/c1-6-8-10-12-14-16-18-20-21-23-25-27-29-31-33-35-42(45)51-40(39-50-52(46,47)49-37-36-43(3,4)5)38-48-41(44)34-32-30-28-26-24-22-19-17-15-13-11-9-7-2;1-2-3-4-5-6-7-8-9-10-11-12-13-14-15-16-17-18(19)20/h20-21,40H,6-19,22-39H2,1-5H3;6-7,9-10H,2-5,8,11-17H2,1H3,(H,19,20)/p+1. The Bertz CT molecular complexity index is 1350. The van der Waals surface area contributed by atoms with E-state index in [9.17, 15) is 23.8 Å². The van der Waals surface area contributed by atoms with Crippen LogP contribution in [0.2, 0.25) is 0 Å². The Labute approximate surface area is 443 Å². The van der Waals surface area contributed by atoms with Gasteiger partial charge in [0.15, 0.2) is 6.10 Å². The van der Waals surface area contributed by atoms with Crippen LogP contribution in [0.4, 0.5) is 0 Å². The first kappa shape index (κ1) is 71.8. The number of quaternary nitrogens is 1. The van der Waals surface area contributed by atoms with E-state index in [2.05, 4.69) is 57.2 Å². The van der Waals surface area contributed by atoms with Crippen LogP contribution >= 0.6 is 7.82 Å². The van der Waals surface area contributed by atoms with Crippen molar-refractivity contribution >= 4 is 25.7 Å². The van der Waals surface area contributed by atoms with Gasteiger partial charge in [-0.25, -0.2) is 4.57 Å². The van der Waals surface area contributed by atoms with Gasteiger partial charge in [-0.3, -0.25) is 23.4 Å². The van der Waals surface area contributed by atoms with Gasteiger partial charge in [-0.1, -0.05) is 218 Å². The first-order chi connectivity index (χ1) is 34.8. The highest BCUT2D eigenvalue weighted by Gasteiger charge is 2.27. The largest absolute Gasteiger partial charge is 0.481 e. The summed E-state index contributed by atoms with van der Waals surface area (Å²) >= 11 is 0. The Kier molecular flexibility index (Phi) is 54.8. The highest BCUT2D eigenvalue weighted by molar-refractivity contribution is 7.47. The number of phosphoric acid groups is 1. The summed E-state index contributed by atoms with van der Waals surface area (Å²) < 4.78 is 34.3. The monoisotopic (exact) mass is 1040 g/mol. The number of carbonyl (C=O) groups excluding carboxylic acids is 2. The Balaban J connectivity index is 0. The van der Waals surface area contributed by atoms with Gasteiger partial charge >= 0.3 is 25.7 Å². The third-order valence-electron chi connectivity index (χ3n) is 12.6. The fraction of sp³-hybridized carbons (Fsp3) is 0.850. The molecule has 0 aromatic carbocycles. The molecule has 0 spiro atoms. The summed E-state index contributed by atoms with van der Waals surface area (Å²) in [6.45, 7) is 6.65. The summed E-state index contributed by atoms with van der Waals surface area (Å²) in [5.41, 5.74) is 0. The van der Waals surface area contributed by atoms with E-state index in [1.54, 1.807) is 0 Å². The molecule has 11 nitrogen and oxygen atoms in total. The molecule has 0 aromatic rings. The lowest BCUT2D eigenvalue weighted by Gasteiger charge is -2.24. The van der Waals surface area contributed by atoms with Crippen LogP contribution in [0.25, 0.3) is 0 Å². The molecule has 12 heteroatoms. The third kappa shape index (κ3) is 62.0. The number of ether oxygens (including phenoxy) is 2. The maximum atomic E-state index is 12.7. The topological polar surface area (TPSA) is 146 Å². The number of likely N-dealkylation sites (N-methyl/N-ethyl adjacent to an activating group) is 1. The number of rotatable bonds is 53. The molecule has 0 aliphatic carbocycles. The number of allylic oxidation sites excluding steroid dienone is 6. The minimum Gasteiger partial charge on any atom is -0.481 e. The zero-order valence-electron chi connectivity index (χ0n) is 47.7. The SMILES string of the molecule is CCCCCC=CCC=CCCCCCCCC(=O)O.CCCCCCCCC=CCCCCCCCC(=O)OC(COC(=O)CCCCCCCCCCCCCCC)COP(=O)(O)OCC[N+](C)(C)C. The van der Waals surface area contributed by atoms with Gasteiger partial charge < -0.3 is 24.0 Å². The summed E-state index contributed by atoms with van der Waals surface area (Å²) in [4.78, 5) is 45.6. The van der Waals surface area contributed by atoms with Crippen LogP contribution < -0.4 is 0 Å². The number of unbranched alkanes of at least 4 members (excludes halogenated alkanes) is 31. The van der Waals surface area contributed by atoms with Crippen molar-refractivity contribution in [2.45, 2.75) is 284 Å². The molecule has 0 amide bonds. The van der Waals surface area contributed by atoms with E-state index in [4.69, 9.17) is 23.6 Å². The molecule has 2 N–H and O–H groups in total. The predicted molar refractivity (Wildman–Crippen MR) is 302 cm³/mol. The van der Waals surface area contributed by atoms with Crippen LogP contribution in [0, 0.1) is 0 Å². The van der Waals surface area contributed by atoms with E-state index < -0.39 is 32.5 Å². The lowest BCUT2D eigenvalue weighted by molar-refractivity contribution is -0.870. The number of esters is 2. The Morgan fingerprint density at radius 2 is 0.806 bits per heavy atom. The van der Waals surface area contributed by atoms with E-state index in [1.165, 1.54) is 154 Å². The fourth-order valence-corrected chi connectivity index (χ4v) is 8.72. The number of hydrogen-bond donors (Lipinski definition) is 2. The summed E-state index contributed by atoms with van der Waals surface area (Å²) in [6.07, 6.45) is 57.6. The predicted octanol–water partition coefficient (Wildman–Crippen LogP) is 17.7. The van der Waals surface area contributed by atoms with E-state index in [0.717, 1.165) is 77.0 Å². The molecule has 0 aromatic heterocycles. The highest BCUT2D eigenvalue weighted by atomic mass is 31.2. The Hall–Kier alpha value is -2.30. The molecule has 0 saturated carbocycles. The highest BCUT2D eigenvalue weighted by Crippen LogP contribution is 2.43. The van der Waals surface area contributed by atoms with Crippen molar-refractivity contribution in [1.29, 1.82) is 0 Å². The smallest absolute Gasteiger partial charge is 0.472 e. The molecular formula is C60H115NO10P+. The summed E-state index contributed by atoms with van der Waals surface area (Å²) in [5.74, 6) is -1.47. The van der Waals surface area contributed by atoms with Gasteiger partial charge in [0.1, 0.15) is 19.8 Å². The minimum absolute atomic E-state index is 0.0331. The Morgan fingerprint density at radius 1 is 0.458 bits per heavy atom. The lowest BCUT2D eigenvalue weighted by Crippen LogP contribution is -2.37. The van der Waals surface area contributed by atoms with E-state index >= 15 is 0 Å². The average Bonchev–Trinajstić information content (AvgIpc) is 3.33. The minimum atomic E-state index is -4.37. The summed E-state index contributed by atoms with van der Waals surface area (Å²) in [5, 5.41) is 8.50. The van der Waals surface area contributed by atoms with E-state index in [-0.39, 0.29) is 25.6 Å². The van der Waals surface area contributed by atoms with Crippen molar-refractivity contribution in [3.05, 3.63) is 36.5 Å². The van der Waals surface area contributed by atoms with Crippen LogP contribution in [-0.4, -0.2) is 86.0 Å². The summed E-state index contributed by atoms with van der Waals surface area (Å²) in [6, 6.07) is 0. The molecule has 0 radical (unpaired) electrons. The molecule has 0 fully saturated rings. The second kappa shape index (κ2) is 54.9. The van der Waals surface area contributed by atoms with E-state index in [0.29, 0.717) is 30.3 Å². The van der Waals surface area contributed by atoms with E-state index in [1.807, 2.05) is 21.1 Å². The van der Waals surface area contributed by atoms with Crippen molar-refractivity contribution in [1.82, 2.24) is 0 Å². The number of phosphoric ester groups is 1. The quantitative estimate of drug-likeness (QED) is 0.0198. The number of aliphatic carboxylic acids is 1. The number of hydrogen-bond acceptors (Lipinski definition) is 8. The first-order valence-electron chi connectivity index (χ1n) is 29.7. The van der Waals surface area contributed by atoms with Gasteiger partial charge in [-0.15, -0.1) is 0 Å². The van der Waals surface area contributed by atoms with Crippen LogP contribution in [0.1, 0.15) is 278 Å². The molecule has 0 aliphatic rings. The molecular weight excluding hydrogens is 926 g/mol. The van der Waals surface area contributed by atoms with Gasteiger partial charge in [-0.2, -0.15) is 0 Å². The zero-order valence-corrected chi connectivity index (χ0v) is 48.6. The maximum absolute atomic E-state index is 12.7. The zero-order chi connectivity index (χ0) is 53.5. The molecule has 0 rings (SSSR count). The van der Waals surface area contributed by atoms with Crippen LogP contribution in [-0.2, 0) is 37.5 Å². The van der Waals surface area contributed by atoms with Crippen molar-refractivity contribution in [3.8, 4) is 0 Å². The average molecular weight is 1040 g/mol. The fourth-order valence-electron chi connectivity index (χ4n) is 7.98. The lowest BCUT2D eigenvalue weighted by atomic mass is 10.0. The van der Waals surface area contributed by atoms with Crippen molar-refractivity contribution in [3.63, 3.8) is 0 Å². The van der Waals surface area contributed by atoms with Gasteiger partial charge in [0.25, 0.3) is 0 Å². The summed E-state index contributed by atoms with van der Waals surface area (Å²) in [7, 11) is 1.48. The Morgan fingerprint density at radius 3 is 1.22 bits per heavy atom. The molecule has 0 heterocycles. The van der Waals surface area contributed by atoms with Gasteiger partial charge in [-0.05, 0) is 77.0 Å². The van der Waals surface area contributed by atoms with Crippen molar-refractivity contribution in [2.24, 2.45) is 0 Å². The molecule has 2 unspecified atom stereocenters. The molecule has 0 aliphatic heterocycles. The van der Waals surface area contributed by atoms with Crippen molar-refractivity contribution in [2.75, 3.05) is 47.5 Å². The van der Waals surface area contributed by atoms with Gasteiger partial charge in [0.05, 0.1) is 27.7 Å². The maximum Gasteiger partial charge on any atom is 0.472 e. The molecule has 2 atom stereocenters. The first-order valence-corrected chi connectivity index (χ1v) is 31.2. The number of carboxylic acid groups (broad SMARTS) is 1. The van der Waals surface area contributed by atoms with Crippen molar-refractivity contribution < 1.29 is 52.0 Å². The van der Waals surface area contributed by atoms with Gasteiger partial charge in [0, 0.05) is 19.3 Å². The van der Waals surface area contributed by atoms with Crippen LogP contribution in [0.3, 0.4) is 0 Å². The molecule has 72 heavy (non-hydrogen) atoms. The number of nitrogens with zero attached hydrogens (tertiary/aromatic N) is 1. The second-order valence-corrected chi connectivity index (χ2v) is 22.6. The van der Waals surface area contributed by atoms with Gasteiger partial charge in [0.2, 0.25) is 0 Å². The normalized spacial score (nSPS) is 13.2. The number of carboxylic acids is 1. The van der Waals surface area contributed by atoms with Crippen LogP contribution in [0.5, 0.6) is 0 Å². The second-order valence-electron chi connectivity index (χ2n) is 21.1. The third-order valence-corrected chi connectivity index (χ3v) is 13.6. The number of carbonyl (C=O) groups is 3. The molecule has 0 saturated heterocycles. The molecule has 0 bridgehead atoms. The van der Waals surface area contributed by atoms with Crippen LogP contribution in [0.15, 0.2) is 36.5 Å².